The number of amides is 1. The number of aromatic amines is 1. The maximum absolute atomic E-state index is 12.0. The molecule has 3 N–H and O–H groups in total. The summed E-state index contributed by atoms with van der Waals surface area (Å²) >= 11 is 6.08. The normalized spacial score (nSPS) is 21.0. The zero-order chi connectivity index (χ0) is 22.9. The average molecular weight is 470 g/mol. The number of carbonyl (C=O) groups excluding carboxylic acids is 1. The molecule has 7 nitrogen and oxygen atoms in total. The first-order valence-electron chi connectivity index (χ1n) is 10.5. The molecule has 1 amide bonds. The van der Waals surface area contributed by atoms with Crippen LogP contribution < -0.4 is 16.2 Å². The molecule has 2 unspecified atom stereocenters. The van der Waals surface area contributed by atoms with E-state index in [-0.39, 0.29) is 11.1 Å². The van der Waals surface area contributed by atoms with Gasteiger partial charge in [0, 0.05) is 39.7 Å². The van der Waals surface area contributed by atoms with Gasteiger partial charge in [-0.3, -0.25) is 14.7 Å². The molecule has 32 heavy (non-hydrogen) atoms. The van der Waals surface area contributed by atoms with Crippen LogP contribution in [-0.2, 0) is 0 Å². The number of pyridine rings is 1. The van der Waals surface area contributed by atoms with Gasteiger partial charge in [-0.15, -0.1) is 12.6 Å². The zero-order valence-electron chi connectivity index (χ0n) is 18.1. The Labute approximate surface area is 196 Å². The van der Waals surface area contributed by atoms with E-state index in [1.807, 2.05) is 42.1 Å². The van der Waals surface area contributed by atoms with E-state index >= 15 is 0 Å². The third kappa shape index (κ3) is 5.05. The quantitative estimate of drug-likeness (QED) is 0.403. The lowest BCUT2D eigenvalue weighted by molar-refractivity contribution is 0.1000. The standard InChI is InChI=1S/C17H21N5O2S.C6H6S/c1-17(2)7-5-11-12(25-11)9-21(17)16-10(15(18)24)3-4-13(19-16)22-8-6-14(23)20-22;7-6-4-2-1-3-5-6/h3-4,6,8,11-12H,5,7,9H2,1-2H3,(H2,18,24)(H,20,23);1-5,7H. The molecule has 1 aromatic carbocycles. The minimum atomic E-state index is -0.491. The highest BCUT2D eigenvalue weighted by atomic mass is 32.2. The number of aromatic nitrogens is 3. The van der Waals surface area contributed by atoms with Crippen molar-refractivity contribution in [1.29, 1.82) is 0 Å². The fourth-order valence-electron chi connectivity index (χ4n) is 3.89. The maximum Gasteiger partial charge on any atom is 0.264 e. The van der Waals surface area contributed by atoms with Gasteiger partial charge in [0.1, 0.15) is 5.82 Å². The molecule has 2 aliphatic rings. The highest BCUT2D eigenvalue weighted by Gasteiger charge is 2.46. The molecule has 0 aliphatic carbocycles. The number of rotatable bonds is 3. The molecule has 2 aliphatic heterocycles. The number of fused-ring (bicyclic) bond motifs is 1. The van der Waals surface area contributed by atoms with E-state index in [0.29, 0.717) is 27.7 Å². The summed E-state index contributed by atoms with van der Waals surface area (Å²) in [4.78, 5) is 31.3. The summed E-state index contributed by atoms with van der Waals surface area (Å²) in [5.74, 6) is 0.662. The molecule has 0 bridgehead atoms. The maximum atomic E-state index is 12.0. The minimum Gasteiger partial charge on any atom is -0.365 e. The Morgan fingerprint density at radius 3 is 2.53 bits per heavy atom. The van der Waals surface area contributed by atoms with Crippen LogP contribution in [-0.4, -0.2) is 43.3 Å². The number of hydrogen-bond acceptors (Lipinski definition) is 6. The van der Waals surface area contributed by atoms with E-state index in [9.17, 15) is 9.59 Å². The number of nitrogens with one attached hydrogen (secondary N) is 1. The van der Waals surface area contributed by atoms with Crippen LogP contribution in [0.15, 0.2) is 64.4 Å². The second-order valence-electron chi connectivity index (χ2n) is 8.58. The van der Waals surface area contributed by atoms with Gasteiger partial charge in [-0.1, -0.05) is 18.2 Å². The summed E-state index contributed by atoms with van der Waals surface area (Å²) in [5.41, 5.74) is 5.71. The molecular formula is C23H27N5O2S2. The average Bonchev–Trinajstić information content (AvgIpc) is 3.40. The second kappa shape index (κ2) is 9.07. The number of hydrogen-bond donors (Lipinski definition) is 3. The van der Waals surface area contributed by atoms with Gasteiger partial charge in [-0.2, -0.15) is 11.8 Å². The Morgan fingerprint density at radius 1 is 1.19 bits per heavy atom. The number of nitrogens with zero attached hydrogens (tertiary/aromatic N) is 3. The predicted molar refractivity (Wildman–Crippen MR) is 132 cm³/mol. The van der Waals surface area contributed by atoms with Crippen molar-refractivity contribution in [3.8, 4) is 5.82 Å². The van der Waals surface area contributed by atoms with Gasteiger partial charge in [0.15, 0.2) is 5.82 Å². The van der Waals surface area contributed by atoms with Gasteiger partial charge >= 0.3 is 0 Å². The first-order chi connectivity index (χ1) is 15.2. The molecule has 0 radical (unpaired) electrons. The van der Waals surface area contributed by atoms with Gasteiger partial charge in [0.25, 0.3) is 11.5 Å². The van der Waals surface area contributed by atoms with Gasteiger partial charge < -0.3 is 10.6 Å². The van der Waals surface area contributed by atoms with Gasteiger partial charge in [-0.05, 0) is 51.0 Å². The molecule has 0 saturated carbocycles. The van der Waals surface area contributed by atoms with Crippen LogP contribution in [0.1, 0.15) is 37.0 Å². The monoisotopic (exact) mass is 469 g/mol. The van der Waals surface area contributed by atoms with Crippen molar-refractivity contribution in [2.45, 2.75) is 47.6 Å². The molecule has 2 saturated heterocycles. The number of thiol groups is 1. The molecule has 0 spiro atoms. The summed E-state index contributed by atoms with van der Waals surface area (Å²) in [5, 5.41) is 3.98. The number of primary amides is 1. The first-order valence-corrected chi connectivity index (χ1v) is 11.9. The summed E-state index contributed by atoms with van der Waals surface area (Å²) < 4.78 is 1.55. The Hall–Kier alpha value is -2.65. The van der Waals surface area contributed by atoms with Crippen molar-refractivity contribution in [1.82, 2.24) is 14.8 Å². The van der Waals surface area contributed by atoms with E-state index in [1.54, 1.807) is 23.0 Å². The molecule has 4 heterocycles. The highest BCUT2D eigenvalue weighted by Crippen LogP contribution is 2.50. The minimum absolute atomic E-state index is 0.117. The Bertz CT molecular complexity index is 1160. The van der Waals surface area contributed by atoms with Crippen LogP contribution in [0.25, 0.3) is 5.82 Å². The van der Waals surface area contributed by atoms with Crippen molar-refractivity contribution in [2.24, 2.45) is 5.73 Å². The van der Waals surface area contributed by atoms with Crippen molar-refractivity contribution in [3.05, 3.63) is 70.6 Å². The van der Waals surface area contributed by atoms with Gasteiger partial charge in [0.05, 0.1) is 5.56 Å². The smallest absolute Gasteiger partial charge is 0.264 e. The summed E-state index contributed by atoms with van der Waals surface area (Å²) in [6.07, 6.45) is 3.83. The number of carbonyl (C=O) groups is 1. The van der Waals surface area contributed by atoms with Gasteiger partial charge in [-0.25, -0.2) is 9.67 Å². The van der Waals surface area contributed by atoms with Crippen LogP contribution in [0.3, 0.4) is 0 Å². The van der Waals surface area contributed by atoms with Crippen LogP contribution in [0, 0.1) is 0 Å². The van der Waals surface area contributed by atoms with E-state index in [1.165, 1.54) is 12.5 Å². The van der Waals surface area contributed by atoms with Crippen LogP contribution >= 0.6 is 24.4 Å². The van der Waals surface area contributed by atoms with Gasteiger partial charge in [0.2, 0.25) is 0 Å². The van der Waals surface area contributed by atoms with Crippen molar-refractivity contribution in [2.75, 3.05) is 11.4 Å². The third-order valence-electron chi connectivity index (χ3n) is 5.81. The number of H-pyrrole nitrogens is 1. The molecular weight excluding hydrogens is 442 g/mol. The first kappa shape index (κ1) is 22.5. The third-order valence-corrected chi connectivity index (χ3v) is 7.54. The molecule has 2 fully saturated rings. The van der Waals surface area contributed by atoms with Crippen molar-refractivity contribution in [3.63, 3.8) is 0 Å². The number of nitrogens with two attached hydrogens (primary N) is 1. The SMILES string of the molecule is CC1(C)CCC2SC2CN1c1nc(-n2ccc(=O)[nH]2)ccc1C(N)=O.Sc1ccccc1. The van der Waals surface area contributed by atoms with E-state index < -0.39 is 5.91 Å². The fraction of sp³-hybridized carbons (Fsp3) is 0.348. The van der Waals surface area contributed by atoms with E-state index in [2.05, 4.69) is 36.5 Å². The molecule has 2 atom stereocenters. The van der Waals surface area contributed by atoms with Crippen LogP contribution in [0.5, 0.6) is 0 Å². The van der Waals surface area contributed by atoms with E-state index in [4.69, 9.17) is 10.7 Å². The number of benzene rings is 1. The lowest BCUT2D eigenvalue weighted by atomic mass is 9.96. The molecule has 5 rings (SSSR count). The Kier molecular flexibility index (Phi) is 6.39. The molecule has 9 heteroatoms. The topological polar surface area (TPSA) is 97.0 Å². The number of thioether (sulfide) groups is 1. The molecule has 168 valence electrons. The van der Waals surface area contributed by atoms with E-state index in [0.717, 1.165) is 17.9 Å². The van der Waals surface area contributed by atoms with Crippen LogP contribution in [0.4, 0.5) is 5.82 Å². The Balaban J connectivity index is 0.000000300. The second-order valence-corrected chi connectivity index (χ2v) is 10.6. The number of anilines is 1. The lowest BCUT2D eigenvalue weighted by Crippen LogP contribution is -2.46. The summed E-state index contributed by atoms with van der Waals surface area (Å²) in [6.45, 7) is 5.21. The predicted octanol–water partition coefficient (Wildman–Crippen LogP) is 3.50. The molecule has 2 aromatic heterocycles. The molecule has 3 aromatic rings. The fourth-order valence-corrected chi connectivity index (χ4v) is 5.13. The summed E-state index contributed by atoms with van der Waals surface area (Å²) in [6, 6.07) is 14.6. The van der Waals surface area contributed by atoms with Crippen LogP contribution in [0.2, 0.25) is 0 Å². The largest absolute Gasteiger partial charge is 0.365 e. The Morgan fingerprint density at radius 2 is 1.94 bits per heavy atom. The lowest BCUT2D eigenvalue weighted by Gasteiger charge is -2.39. The summed E-state index contributed by atoms with van der Waals surface area (Å²) in [7, 11) is 0. The highest BCUT2D eigenvalue weighted by molar-refractivity contribution is 8.07. The van der Waals surface area contributed by atoms with Crippen molar-refractivity contribution >= 4 is 36.1 Å². The zero-order valence-corrected chi connectivity index (χ0v) is 19.8. The van der Waals surface area contributed by atoms with Crippen molar-refractivity contribution < 1.29 is 4.79 Å².